The molecule has 1 aromatic heterocycles. The molecule has 1 saturated heterocycles. The highest BCUT2D eigenvalue weighted by Crippen LogP contribution is 2.28. The van der Waals surface area contributed by atoms with Gasteiger partial charge in [0.1, 0.15) is 5.82 Å². The van der Waals surface area contributed by atoms with Crippen LogP contribution in [0.1, 0.15) is 25.8 Å². The van der Waals surface area contributed by atoms with Crippen molar-refractivity contribution in [2.45, 2.75) is 26.7 Å². The monoisotopic (exact) mass is 233 g/mol. The molecule has 3 heteroatoms. The average Bonchev–Trinajstić information content (AvgIpc) is 2.79. The molecule has 0 aromatic carbocycles. The van der Waals surface area contributed by atoms with Gasteiger partial charge in [-0.25, -0.2) is 4.98 Å². The molecule has 1 aliphatic rings. The van der Waals surface area contributed by atoms with Crippen LogP contribution in [0, 0.1) is 11.8 Å². The molecule has 1 aromatic rings. The number of hydrogen-bond acceptors (Lipinski definition) is 3. The highest BCUT2D eigenvalue weighted by molar-refractivity contribution is 5.47. The van der Waals surface area contributed by atoms with Crippen LogP contribution < -0.4 is 10.6 Å². The van der Waals surface area contributed by atoms with Gasteiger partial charge in [0, 0.05) is 19.3 Å². The molecule has 2 rings (SSSR count). The molecule has 1 unspecified atom stereocenters. The van der Waals surface area contributed by atoms with Gasteiger partial charge in [-0.15, -0.1) is 0 Å². The van der Waals surface area contributed by atoms with Crippen LogP contribution in [0.5, 0.6) is 0 Å². The van der Waals surface area contributed by atoms with E-state index >= 15 is 0 Å². The second-order valence-electron chi connectivity index (χ2n) is 5.26. The molecule has 1 aliphatic heterocycles. The Morgan fingerprint density at radius 3 is 3.00 bits per heavy atom. The van der Waals surface area contributed by atoms with Gasteiger partial charge in [0.15, 0.2) is 0 Å². The highest BCUT2D eigenvalue weighted by atomic mass is 15.2. The normalized spacial score (nSPS) is 20.2. The molecule has 0 spiro atoms. The Morgan fingerprint density at radius 2 is 2.35 bits per heavy atom. The molecule has 0 radical (unpaired) electrons. The van der Waals surface area contributed by atoms with Gasteiger partial charge in [0.2, 0.25) is 0 Å². The third-order valence-electron chi connectivity index (χ3n) is 3.75. The van der Waals surface area contributed by atoms with E-state index in [1.807, 2.05) is 12.3 Å². The lowest BCUT2D eigenvalue weighted by Crippen LogP contribution is -2.24. The zero-order chi connectivity index (χ0) is 12.3. The maximum Gasteiger partial charge on any atom is 0.131 e. The molecular formula is C14H23N3. The molecule has 17 heavy (non-hydrogen) atoms. The largest absolute Gasteiger partial charge is 0.356 e. The van der Waals surface area contributed by atoms with Crippen LogP contribution >= 0.6 is 0 Å². The van der Waals surface area contributed by atoms with Crippen LogP contribution in [0.4, 0.5) is 5.82 Å². The summed E-state index contributed by atoms with van der Waals surface area (Å²) in [5.41, 5.74) is 6.95. The van der Waals surface area contributed by atoms with Gasteiger partial charge in [0.25, 0.3) is 0 Å². The maximum atomic E-state index is 5.66. The first-order chi connectivity index (χ1) is 8.22. The Balaban J connectivity index is 2.12. The predicted molar refractivity (Wildman–Crippen MR) is 72.2 cm³/mol. The Kier molecular flexibility index (Phi) is 4.00. The Labute approximate surface area is 104 Å². The first-order valence-electron chi connectivity index (χ1n) is 6.61. The van der Waals surface area contributed by atoms with Gasteiger partial charge in [0.05, 0.1) is 0 Å². The fourth-order valence-electron chi connectivity index (χ4n) is 2.59. The van der Waals surface area contributed by atoms with Gasteiger partial charge in [-0.1, -0.05) is 19.9 Å². The van der Waals surface area contributed by atoms with E-state index in [0.29, 0.717) is 6.54 Å². The maximum absolute atomic E-state index is 5.66. The minimum absolute atomic E-state index is 0.695. The van der Waals surface area contributed by atoms with Crippen molar-refractivity contribution in [2.24, 2.45) is 17.6 Å². The first-order valence-corrected chi connectivity index (χ1v) is 6.61. The second kappa shape index (κ2) is 5.50. The minimum atomic E-state index is 0.695. The number of nitrogens with two attached hydrogens (primary N) is 1. The molecule has 0 aliphatic carbocycles. The summed E-state index contributed by atoms with van der Waals surface area (Å²) in [7, 11) is 0. The van der Waals surface area contributed by atoms with Crippen LogP contribution in [0.3, 0.4) is 0 Å². The topological polar surface area (TPSA) is 42.2 Å². The van der Waals surface area contributed by atoms with Crippen molar-refractivity contribution in [3.8, 4) is 0 Å². The Bertz CT molecular complexity index is 362. The molecule has 0 saturated carbocycles. The van der Waals surface area contributed by atoms with E-state index in [9.17, 15) is 0 Å². The number of pyridine rings is 1. The highest BCUT2D eigenvalue weighted by Gasteiger charge is 2.26. The lowest BCUT2D eigenvalue weighted by molar-refractivity contribution is 0.422. The average molecular weight is 233 g/mol. The van der Waals surface area contributed by atoms with E-state index in [4.69, 9.17) is 5.73 Å². The molecule has 0 amide bonds. The fourth-order valence-corrected chi connectivity index (χ4v) is 2.59. The summed E-state index contributed by atoms with van der Waals surface area (Å²) < 4.78 is 0. The predicted octanol–water partition coefficient (Wildman–Crippen LogP) is 2.07. The zero-order valence-electron chi connectivity index (χ0n) is 10.9. The van der Waals surface area contributed by atoms with Crippen molar-refractivity contribution < 1.29 is 0 Å². The van der Waals surface area contributed by atoms with E-state index in [1.54, 1.807) is 0 Å². The van der Waals surface area contributed by atoms with E-state index < -0.39 is 0 Å². The summed E-state index contributed by atoms with van der Waals surface area (Å²) in [6.07, 6.45) is 4.10. The van der Waals surface area contributed by atoms with Crippen molar-refractivity contribution in [3.05, 3.63) is 23.9 Å². The van der Waals surface area contributed by atoms with Crippen molar-refractivity contribution in [3.63, 3.8) is 0 Å². The zero-order valence-corrected chi connectivity index (χ0v) is 10.9. The van der Waals surface area contributed by atoms with Crippen LogP contribution in [0.15, 0.2) is 18.3 Å². The molecule has 94 valence electrons. The lowest BCUT2D eigenvalue weighted by atomic mass is 9.95. The summed E-state index contributed by atoms with van der Waals surface area (Å²) in [6, 6.07) is 4.16. The quantitative estimate of drug-likeness (QED) is 0.865. The number of rotatable bonds is 4. The van der Waals surface area contributed by atoms with Gasteiger partial charge in [-0.2, -0.15) is 0 Å². The SMILES string of the molecule is CC(C)C1CCN(c2ncccc2CCN)C1. The first kappa shape index (κ1) is 12.4. The fraction of sp³-hybridized carbons (Fsp3) is 0.643. The molecule has 3 nitrogen and oxygen atoms in total. The summed E-state index contributed by atoms with van der Waals surface area (Å²) in [5.74, 6) is 2.73. The summed E-state index contributed by atoms with van der Waals surface area (Å²) in [6.45, 7) is 7.60. The van der Waals surface area contributed by atoms with Crippen molar-refractivity contribution in [1.29, 1.82) is 0 Å². The third-order valence-corrected chi connectivity index (χ3v) is 3.75. The van der Waals surface area contributed by atoms with Crippen LogP contribution in [-0.4, -0.2) is 24.6 Å². The van der Waals surface area contributed by atoms with Gasteiger partial charge in [-0.3, -0.25) is 0 Å². The van der Waals surface area contributed by atoms with Gasteiger partial charge >= 0.3 is 0 Å². The number of nitrogens with zero attached hydrogens (tertiary/aromatic N) is 2. The summed E-state index contributed by atoms with van der Waals surface area (Å²) in [5, 5.41) is 0. The number of anilines is 1. The molecule has 0 bridgehead atoms. The molecule has 1 atom stereocenters. The second-order valence-corrected chi connectivity index (χ2v) is 5.26. The summed E-state index contributed by atoms with van der Waals surface area (Å²) >= 11 is 0. The van der Waals surface area contributed by atoms with Crippen molar-refractivity contribution in [1.82, 2.24) is 4.98 Å². The van der Waals surface area contributed by atoms with Crippen LogP contribution in [0.2, 0.25) is 0 Å². The molecule has 1 fully saturated rings. The summed E-state index contributed by atoms with van der Waals surface area (Å²) in [4.78, 5) is 6.97. The lowest BCUT2D eigenvalue weighted by Gasteiger charge is -2.21. The number of hydrogen-bond donors (Lipinski definition) is 1. The minimum Gasteiger partial charge on any atom is -0.356 e. The molecular weight excluding hydrogens is 210 g/mol. The molecule has 2 heterocycles. The van der Waals surface area contributed by atoms with Crippen molar-refractivity contribution in [2.75, 3.05) is 24.5 Å². The van der Waals surface area contributed by atoms with Gasteiger partial charge < -0.3 is 10.6 Å². The molecule has 2 N–H and O–H groups in total. The third kappa shape index (κ3) is 2.78. The Hall–Kier alpha value is -1.09. The number of aromatic nitrogens is 1. The van der Waals surface area contributed by atoms with E-state index in [0.717, 1.165) is 37.2 Å². The van der Waals surface area contributed by atoms with Crippen molar-refractivity contribution >= 4 is 5.82 Å². The standard InChI is InChI=1S/C14H23N3/c1-11(2)13-6-9-17(10-13)14-12(5-7-15)4-3-8-16-14/h3-4,8,11,13H,5-7,9-10,15H2,1-2H3. The van der Waals surface area contributed by atoms with Gasteiger partial charge in [-0.05, 0) is 42.9 Å². The Morgan fingerprint density at radius 1 is 1.53 bits per heavy atom. The van der Waals surface area contributed by atoms with E-state index in [1.165, 1.54) is 12.0 Å². The van der Waals surface area contributed by atoms with Crippen LogP contribution in [-0.2, 0) is 6.42 Å². The van der Waals surface area contributed by atoms with Crippen LogP contribution in [0.25, 0.3) is 0 Å². The van der Waals surface area contributed by atoms with E-state index in [2.05, 4.69) is 29.8 Å². The van der Waals surface area contributed by atoms with E-state index in [-0.39, 0.29) is 0 Å². The smallest absolute Gasteiger partial charge is 0.131 e.